The second kappa shape index (κ2) is 7.46. The molecule has 2 aliphatic carbocycles. The van der Waals surface area contributed by atoms with Gasteiger partial charge in [-0.2, -0.15) is 0 Å². The number of aromatic hydroxyl groups is 1. The maximum absolute atomic E-state index is 13.4. The quantitative estimate of drug-likeness (QED) is 0.383. The van der Waals surface area contributed by atoms with Gasteiger partial charge in [0.15, 0.2) is 9.75 Å². The first kappa shape index (κ1) is 23.2. The molecule has 4 amide bonds. The van der Waals surface area contributed by atoms with E-state index in [1.807, 2.05) is 6.08 Å². The van der Waals surface area contributed by atoms with Crippen molar-refractivity contribution in [3.8, 4) is 11.5 Å². The zero-order chi connectivity index (χ0) is 24.7. The van der Waals surface area contributed by atoms with Crippen molar-refractivity contribution < 1.29 is 29.0 Å². The minimum Gasteiger partial charge on any atom is -0.508 e. The molecule has 0 aromatic heterocycles. The molecule has 6 atom stereocenters. The summed E-state index contributed by atoms with van der Waals surface area (Å²) in [5.41, 5.74) is 0.944. The zero-order valence-corrected chi connectivity index (χ0v) is 20.4. The van der Waals surface area contributed by atoms with Gasteiger partial charge in [-0.25, -0.2) is 0 Å². The van der Waals surface area contributed by atoms with Crippen LogP contribution < -0.4 is 4.74 Å². The Morgan fingerprint density at radius 1 is 1.12 bits per heavy atom. The summed E-state index contributed by atoms with van der Waals surface area (Å²) in [6, 6.07) is 4.61. The van der Waals surface area contributed by atoms with Crippen LogP contribution in [0.15, 0.2) is 29.8 Å². The molecule has 2 aliphatic heterocycles. The van der Waals surface area contributed by atoms with Gasteiger partial charge >= 0.3 is 0 Å². The average molecular weight is 507 g/mol. The summed E-state index contributed by atoms with van der Waals surface area (Å²) in [6.45, 7) is 1.99. The van der Waals surface area contributed by atoms with Gasteiger partial charge in [-0.05, 0) is 31.7 Å². The third-order valence-corrected chi connectivity index (χ3v) is 9.38. The fourth-order valence-corrected chi connectivity index (χ4v) is 7.37. The van der Waals surface area contributed by atoms with Gasteiger partial charge in [-0.15, -0.1) is 23.2 Å². The average Bonchev–Trinajstić information content (AvgIpc) is 3.14. The lowest BCUT2D eigenvalue weighted by molar-refractivity contribution is -0.141. The predicted octanol–water partition coefficient (Wildman–Crippen LogP) is 2.41. The third-order valence-electron chi connectivity index (χ3n) is 7.97. The molecule has 2 heterocycles. The Bertz CT molecular complexity index is 1180. The number of imide groups is 2. The van der Waals surface area contributed by atoms with Gasteiger partial charge < -0.3 is 9.84 Å². The molecule has 1 saturated carbocycles. The Morgan fingerprint density at radius 2 is 1.82 bits per heavy atom. The van der Waals surface area contributed by atoms with E-state index in [0.717, 1.165) is 4.90 Å². The monoisotopic (exact) mass is 506 g/mol. The smallest absolute Gasteiger partial charge is 0.253 e. The standard InChI is InChI=1S/C24H24Cl2N2O6/c1-4-28-19(30)14-8-7-12-15(17(14)20(28)31)10-23(25)21(32)27(2)22(33)24(23,26)18(12)13-6-5-11(34-3)9-16(13)29/h5-7,9,14-15,17-18,29H,4,8,10H2,1-3H3. The summed E-state index contributed by atoms with van der Waals surface area (Å²) in [6.07, 6.45) is 2.07. The van der Waals surface area contributed by atoms with Gasteiger partial charge in [0, 0.05) is 31.1 Å². The van der Waals surface area contributed by atoms with Crippen molar-refractivity contribution in [3.05, 3.63) is 35.4 Å². The van der Waals surface area contributed by atoms with Crippen LogP contribution in [0.5, 0.6) is 11.5 Å². The molecule has 10 heteroatoms. The third kappa shape index (κ3) is 2.61. The Kier molecular flexibility index (Phi) is 5.08. The fourth-order valence-electron chi connectivity index (χ4n) is 6.36. The molecule has 34 heavy (non-hydrogen) atoms. The minimum absolute atomic E-state index is 0.0655. The summed E-state index contributed by atoms with van der Waals surface area (Å²) < 4.78 is 5.19. The van der Waals surface area contributed by atoms with Crippen LogP contribution in [0.1, 0.15) is 31.2 Å². The lowest BCUT2D eigenvalue weighted by Crippen LogP contribution is -2.60. The van der Waals surface area contributed by atoms with Crippen LogP contribution >= 0.6 is 23.2 Å². The van der Waals surface area contributed by atoms with Gasteiger partial charge in [-0.3, -0.25) is 29.0 Å². The molecule has 8 nitrogen and oxygen atoms in total. The molecule has 0 spiro atoms. The highest BCUT2D eigenvalue weighted by atomic mass is 35.5. The Balaban J connectivity index is 1.74. The van der Waals surface area contributed by atoms with Gasteiger partial charge in [0.1, 0.15) is 11.5 Å². The summed E-state index contributed by atoms with van der Waals surface area (Å²) in [4.78, 5) is 51.3. The number of phenols is 1. The topological polar surface area (TPSA) is 104 Å². The summed E-state index contributed by atoms with van der Waals surface area (Å²) in [5, 5.41) is 10.9. The van der Waals surface area contributed by atoms with Crippen molar-refractivity contribution in [2.45, 2.75) is 35.4 Å². The molecular formula is C24H24Cl2N2O6. The van der Waals surface area contributed by atoms with Crippen molar-refractivity contribution in [2.75, 3.05) is 20.7 Å². The number of phenolic OH excluding ortho intramolecular Hbond substituents is 1. The van der Waals surface area contributed by atoms with Crippen molar-refractivity contribution in [3.63, 3.8) is 0 Å². The van der Waals surface area contributed by atoms with E-state index in [2.05, 4.69) is 0 Å². The van der Waals surface area contributed by atoms with Gasteiger partial charge in [0.05, 0.1) is 18.9 Å². The van der Waals surface area contributed by atoms with Crippen molar-refractivity contribution in [1.82, 2.24) is 9.80 Å². The molecule has 6 unspecified atom stereocenters. The van der Waals surface area contributed by atoms with Gasteiger partial charge in [0.25, 0.3) is 11.8 Å². The van der Waals surface area contributed by atoms with Crippen molar-refractivity contribution >= 4 is 46.8 Å². The minimum atomic E-state index is -1.92. The molecular weight excluding hydrogens is 483 g/mol. The first-order valence-electron chi connectivity index (χ1n) is 11.1. The van der Waals surface area contributed by atoms with E-state index < -0.39 is 45.2 Å². The van der Waals surface area contributed by atoms with Gasteiger partial charge in [0.2, 0.25) is 11.8 Å². The maximum atomic E-state index is 13.4. The second-order valence-electron chi connectivity index (χ2n) is 9.34. The number of ether oxygens (including phenoxy) is 1. The summed E-state index contributed by atoms with van der Waals surface area (Å²) in [5.74, 6) is -4.49. The van der Waals surface area contributed by atoms with Crippen LogP contribution in [0, 0.1) is 17.8 Å². The van der Waals surface area contributed by atoms with Crippen molar-refractivity contribution in [1.29, 1.82) is 0 Å². The molecule has 2 saturated heterocycles. The molecule has 0 radical (unpaired) electrons. The number of methoxy groups -OCH3 is 1. The summed E-state index contributed by atoms with van der Waals surface area (Å²) >= 11 is 14.1. The predicted molar refractivity (Wildman–Crippen MR) is 123 cm³/mol. The van der Waals surface area contributed by atoms with E-state index in [4.69, 9.17) is 27.9 Å². The number of halogens is 2. The van der Waals surface area contributed by atoms with Crippen LogP contribution in [0.3, 0.4) is 0 Å². The Labute approximate surface area is 206 Å². The number of carbonyl (C=O) groups excluding carboxylic acids is 4. The number of carbonyl (C=O) groups is 4. The highest BCUT2D eigenvalue weighted by Crippen LogP contribution is 2.66. The number of amides is 4. The normalized spacial score (nSPS) is 36.9. The van der Waals surface area contributed by atoms with E-state index in [1.165, 1.54) is 25.1 Å². The molecule has 5 rings (SSSR count). The van der Waals surface area contributed by atoms with E-state index in [-0.39, 0.29) is 30.5 Å². The molecule has 3 fully saturated rings. The number of hydrogen-bond donors (Lipinski definition) is 1. The molecule has 1 aromatic carbocycles. The zero-order valence-electron chi connectivity index (χ0n) is 18.9. The number of rotatable bonds is 3. The lowest BCUT2D eigenvalue weighted by Gasteiger charge is -2.50. The number of allylic oxidation sites excluding steroid dienone is 2. The maximum Gasteiger partial charge on any atom is 0.253 e. The molecule has 4 aliphatic rings. The highest BCUT2D eigenvalue weighted by Gasteiger charge is 2.76. The van der Waals surface area contributed by atoms with Crippen LogP contribution in [-0.4, -0.2) is 69.0 Å². The Hall–Kier alpha value is -2.58. The lowest BCUT2D eigenvalue weighted by atomic mass is 9.56. The van der Waals surface area contributed by atoms with Crippen molar-refractivity contribution in [2.24, 2.45) is 17.8 Å². The number of benzene rings is 1. The highest BCUT2D eigenvalue weighted by molar-refractivity contribution is 6.53. The summed E-state index contributed by atoms with van der Waals surface area (Å²) in [7, 11) is 2.78. The van der Waals surface area contributed by atoms with E-state index in [0.29, 0.717) is 23.3 Å². The van der Waals surface area contributed by atoms with E-state index >= 15 is 0 Å². The molecule has 1 aromatic rings. The Morgan fingerprint density at radius 3 is 2.44 bits per heavy atom. The number of alkyl halides is 2. The van der Waals surface area contributed by atoms with Crippen LogP contribution in [0.4, 0.5) is 0 Å². The van der Waals surface area contributed by atoms with Gasteiger partial charge in [-0.1, -0.05) is 17.7 Å². The number of hydrogen-bond acceptors (Lipinski definition) is 6. The number of fused-ring (bicyclic) bond motifs is 4. The number of nitrogens with zero attached hydrogens (tertiary/aromatic N) is 2. The van der Waals surface area contributed by atoms with Crippen LogP contribution in [0.2, 0.25) is 0 Å². The van der Waals surface area contributed by atoms with Crippen LogP contribution in [-0.2, 0) is 19.2 Å². The molecule has 180 valence electrons. The van der Waals surface area contributed by atoms with E-state index in [1.54, 1.807) is 19.1 Å². The molecule has 1 N–H and O–H groups in total. The van der Waals surface area contributed by atoms with E-state index in [9.17, 15) is 24.3 Å². The SMILES string of the molecule is CCN1C(=O)C2CC=C3C(CC4(Cl)C(=O)N(C)C(=O)C4(Cl)C3c3ccc(OC)cc3O)C2C1=O. The fraction of sp³-hybridized carbons (Fsp3) is 0.500. The first-order valence-corrected chi connectivity index (χ1v) is 11.9. The first-order chi connectivity index (χ1) is 16.0. The largest absolute Gasteiger partial charge is 0.508 e. The van der Waals surface area contributed by atoms with Crippen LogP contribution in [0.25, 0.3) is 0 Å². The number of likely N-dealkylation sites (tertiary alicyclic amines) is 2. The second-order valence-corrected chi connectivity index (χ2v) is 10.6. The molecule has 0 bridgehead atoms.